The monoisotopic (exact) mass is 651 g/mol. The zero-order valence-electron chi connectivity index (χ0n) is 24.8. The van der Waals surface area contributed by atoms with E-state index < -0.39 is 28.5 Å². The Hall–Kier alpha value is -3.85. The molecule has 1 atom stereocenters. The zero-order chi connectivity index (χ0) is 31.9. The van der Waals surface area contributed by atoms with Gasteiger partial charge in [0.2, 0.25) is 11.8 Å². The number of hydrogen-bond donors (Lipinski definition) is 1. The van der Waals surface area contributed by atoms with Crippen molar-refractivity contribution in [2.45, 2.75) is 50.7 Å². The lowest BCUT2D eigenvalue weighted by molar-refractivity contribution is -0.140. The molecule has 0 spiro atoms. The summed E-state index contributed by atoms with van der Waals surface area (Å²) in [6.45, 7) is 4.86. The molecule has 44 heavy (non-hydrogen) atoms. The molecule has 0 heterocycles. The SMILES string of the molecule is Cc1ccccc1N(CC(=O)N(Cc1ccc(Cl)cc1Cl)C(Cc1ccccc1)C(=O)NC(C)C)S(=O)(=O)c1ccccc1. The van der Waals surface area contributed by atoms with Gasteiger partial charge in [0.05, 0.1) is 10.6 Å². The first-order valence-electron chi connectivity index (χ1n) is 14.2. The van der Waals surface area contributed by atoms with Crippen molar-refractivity contribution >= 4 is 50.7 Å². The number of carbonyl (C=O) groups is 2. The Balaban J connectivity index is 1.83. The van der Waals surface area contributed by atoms with Crippen LogP contribution in [0.5, 0.6) is 0 Å². The number of aryl methyl sites for hydroxylation is 1. The van der Waals surface area contributed by atoms with E-state index in [1.165, 1.54) is 17.0 Å². The van der Waals surface area contributed by atoms with Crippen molar-refractivity contribution in [3.63, 3.8) is 0 Å². The van der Waals surface area contributed by atoms with Gasteiger partial charge in [0, 0.05) is 29.1 Å². The maximum Gasteiger partial charge on any atom is 0.264 e. The topological polar surface area (TPSA) is 86.8 Å². The van der Waals surface area contributed by atoms with E-state index in [9.17, 15) is 18.0 Å². The van der Waals surface area contributed by atoms with E-state index in [0.717, 1.165) is 9.87 Å². The second-order valence-electron chi connectivity index (χ2n) is 10.7. The highest BCUT2D eigenvalue weighted by Crippen LogP contribution is 2.29. The van der Waals surface area contributed by atoms with Gasteiger partial charge in [-0.2, -0.15) is 0 Å². The summed E-state index contributed by atoms with van der Waals surface area (Å²) in [5.74, 6) is -0.936. The Labute approximate surface area is 269 Å². The number of anilines is 1. The molecule has 4 aromatic carbocycles. The number of benzene rings is 4. The zero-order valence-corrected chi connectivity index (χ0v) is 27.1. The summed E-state index contributed by atoms with van der Waals surface area (Å²) in [7, 11) is -4.17. The minimum atomic E-state index is -4.17. The minimum absolute atomic E-state index is 0.0433. The third kappa shape index (κ3) is 8.20. The van der Waals surface area contributed by atoms with Gasteiger partial charge in [0.15, 0.2) is 0 Å². The first-order chi connectivity index (χ1) is 21.0. The van der Waals surface area contributed by atoms with Gasteiger partial charge in [0.1, 0.15) is 12.6 Å². The van der Waals surface area contributed by atoms with Gasteiger partial charge in [-0.05, 0) is 67.8 Å². The molecule has 2 amide bonds. The number of sulfonamides is 1. The predicted molar refractivity (Wildman–Crippen MR) is 176 cm³/mol. The normalized spacial score (nSPS) is 12.0. The maximum atomic E-state index is 14.5. The number of rotatable bonds is 12. The van der Waals surface area contributed by atoms with Gasteiger partial charge >= 0.3 is 0 Å². The van der Waals surface area contributed by atoms with E-state index in [-0.39, 0.29) is 29.8 Å². The van der Waals surface area contributed by atoms with Crippen LogP contribution in [0.1, 0.15) is 30.5 Å². The molecule has 0 saturated heterocycles. The molecule has 10 heteroatoms. The summed E-state index contributed by atoms with van der Waals surface area (Å²) >= 11 is 12.7. The molecule has 4 aromatic rings. The van der Waals surface area contributed by atoms with E-state index in [1.807, 2.05) is 44.2 Å². The number of halogens is 2. The summed E-state index contributed by atoms with van der Waals surface area (Å²) < 4.78 is 29.3. The van der Waals surface area contributed by atoms with Crippen molar-refractivity contribution in [3.05, 3.63) is 130 Å². The van der Waals surface area contributed by atoms with Gasteiger partial charge < -0.3 is 10.2 Å². The molecule has 0 aromatic heterocycles. The molecule has 0 aliphatic rings. The van der Waals surface area contributed by atoms with Crippen molar-refractivity contribution < 1.29 is 18.0 Å². The fourth-order valence-electron chi connectivity index (χ4n) is 4.84. The summed E-state index contributed by atoms with van der Waals surface area (Å²) in [5, 5.41) is 3.69. The van der Waals surface area contributed by atoms with Crippen molar-refractivity contribution in [2.24, 2.45) is 0 Å². The molecule has 1 unspecified atom stereocenters. The molecule has 0 aliphatic carbocycles. The molecule has 0 aliphatic heterocycles. The number of amides is 2. The Morgan fingerprint density at radius 1 is 0.841 bits per heavy atom. The highest BCUT2D eigenvalue weighted by molar-refractivity contribution is 7.92. The van der Waals surface area contributed by atoms with Crippen LogP contribution in [-0.4, -0.2) is 43.8 Å². The Kier molecular flexibility index (Phi) is 11.1. The fourth-order valence-corrected chi connectivity index (χ4v) is 6.81. The van der Waals surface area contributed by atoms with Crippen molar-refractivity contribution in [1.29, 1.82) is 0 Å². The highest BCUT2D eigenvalue weighted by Gasteiger charge is 2.35. The Morgan fingerprint density at radius 3 is 2.07 bits per heavy atom. The summed E-state index contributed by atoms with van der Waals surface area (Å²) in [5.41, 5.74) is 2.43. The van der Waals surface area contributed by atoms with Crippen LogP contribution in [0.3, 0.4) is 0 Å². The number of carbonyl (C=O) groups excluding carboxylic acids is 2. The average molecular weight is 653 g/mol. The minimum Gasteiger partial charge on any atom is -0.352 e. The highest BCUT2D eigenvalue weighted by atomic mass is 35.5. The largest absolute Gasteiger partial charge is 0.352 e. The second kappa shape index (κ2) is 14.8. The third-order valence-electron chi connectivity index (χ3n) is 7.05. The molecule has 1 N–H and O–H groups in total. The van der Waals surface area contributed by atoms with E-state index in [1.54, 1.807) is 67.6 Å². The first kappa shape index (κ1) is 33.1. The number of para-hydroxylation sites is 1. The number of hydrogen-bond acceptors (Lipinski definition) is 4. The lowest BCUT2D eigenvalue weighted by atomic mass is 10.0. The summed E-state index contributed by atoms with van der Waals surface area (Å²) in [6, 6.07) is 28.1. The third-order valence-corrected chi connectivity index (χ3v) is 9.41. The van der Waals surface area contributed by atoms with Gasteiger partial charge in [-0.3, -0.25) is 13.9 Å². The molecule has 230 valence electrons. The van der Waals surface area contributed by atoms with E-state index in [0.29, 0.717) is 26.9 Å². The van der Waals surface area contributed by atoms with Gasteiger partial charge in [-0.15, -0.1) is 0 Å². The van der Waals surface area contributed by atoms with Crippen LogP contribution in [0.4, 0.5) is 5.69 Å². The Morgan fingerprint density at radius 2 is 1.45 bits per heavy atom. The van der Waals surface area contributed by atoms with Crippen LogP contribution >= 0.6 is 23.2 Å². The van der Waals surface area contributed by atoms with Crippen molar-refractivity contribution in [3.8, 4) is 0 Å². The molecule has 0 radical (unpaired) electrons. The first-order valence-corrected chi connectivity index (χ1v) is 16.4. The second-order valence-corrected chi connectivity index (χ2v) is 13.4. The smallest absolute Gasteiger partial charge is 0.264 e. The van der Waals surface area contributed by atoms with Crippen LogP contribution in [0.25, 0.3) is 0 Å². The fraction of sp³-hybridized carbons (Fsp3) is 0.235. The maximum absolute atomic E-state index is 14.5. The van der Waals surface area contributed by atoms with E-state index in [2.05, 4.69) is 5.32 Å². The Bertz CT molecular complexity index is 1700. The van der Waals surface area contributed by atoms with Gasteiger partial charge in [-0.25, -0.2) is 8.42 Å². The lowest BCUT2D eigenvalue weighted by Crippen LogP contribution is -2.54. The van der Waals surface area contributed by atoms with Crippen molar-refractivity contribution in [2.75, 3.05) is 10.8 Å². The van der Waals surface area contributed by atoms with Crippen LogP contribution < -0.4 is 9.62 Å². The quantitative estimate of drug-likeness (QED) is 0.186. The summed E-state index contributed by atoms with van der Waals surface area (Å²) in [6.07, 6.45) is 0.201. The number of nitrogens with zero attached hydrogens (tertiary/aromatic N) is 2. The van der Waals surface area contributed by atoms with Crippen LogP contribution in [0, 0.1) is 6.92 Å². The summed E-state index contributed by atoms with van der Waals surface area (Å²) in [4.78, 5) is 29.7. The van der Waals surface area contributed by atoms with Crippen LogP contribution in [0.2, 0.25) is 10.0 Å². The van der Waals surface area contributed by atoms with Crippen LogP contribution in [-0.2, 0) is 32.6 Å². The molecule has 7 nitrogen and oxygen atoms in total. The van der Waals surface area contributed by atoms with Crippen molar-refractivity contribution in [1.82, 2.24) is 10.2 Å². The molecule has 0 bridgehead atoms. The molecule has 0 saturated carbocycles. The van der Waals surface area contributed by atoms with Crippen LogP contribution in [0.15, 0.2) is 108 Å². The lowest BCUT2D eigenvalue weighted by Gasteiger charge is -2.34. The average Bonchev–Trinajstić information content (AvgIpc) is 2.99. The number of nitrogens with one attached hydrogen (secondary N) is 1. The predicted octanol–water partition coefficient (Wildman–Crippen LogP) is 6.66. The van der Waals surface area contributed by atoms with Gasteiger partial charge in [-0.1, -0.05) is 96.0 Å². The molecular formula is C34H35Cl2N3O4S. The van der Waals surface area contributed by atoms with Gasteiger partial charge in [0.25, 0.3) is 10.0 Å². The molecule has 0 fully saturated rings. The molecular weight excluding hydrogens is 617 g/mol. The molecule has 4 rings (SSSR count). The standard InChI is InChI=1S/C34H35Cl2N3O4S/c1-24(2)37-34(41)32(20-26-13-6-4-7-14-26)38(22-27-18-19-28(35)21-30(27)36)33(40)23-39(31-17-11-10-12-25(31)3)44(42,43)29-15-8-5-9-16-29/h4-19,21,24,32H,20,22-23H2,1-3H3,(H,37,41). The van der Waals surface area contributed by atoms with E-state index in [4.69, 9.17) is 23.2 Å². The van der Waals surface area contributed by atoms with E-state index >= 15 is 0 Å².